The van der Waals surface area contributed by atoms with Crippen LogP contribution in [-0.4, -0.2) is 23.2 Å². The summed E-state index contributed by atoms with van der Waals surface area (Å²) in [5.41, 5.74) is 1.40. The Kier molecular flexibility index (Phi) is 5.22. The summed E-state index contributed by atoms with van der Waals surface area (Å²) < 4.78 is 10.9. The number of unbranched alkanes of at least 4 members (excludes halogenated alkanes) is 1. The van der Waals surface area contributed by atoms with Crippen molar-refractivity contribution < 1.29 is 13.9 Å². The highest BCUT2D eigenvalue weighted by Crippen LogP contribution is 2.27. The molecule has 0 radical (unpaired) electrons. The van der Waals surface area contributed by atoms with Gasteiger partial charge in [-0.2, -0.15) is 0 Å². The number of carbonyl (C=O) groups is 1. The lowest BCUT2D eigenvalue weighted by Gasteiger charge is -2.01. The minimum atomic E-state index is -0.337. The van der Waals surface area contributed by atoms with E-state index in [2.05, 4.69) is 22.4 Å². The highest BCUT2D eigenvalue weighted by molar-refractivity contribution is 7.15. The molecule has 0 bridgehead atoms. The average molecular weight is 345 g/mol. The molecule has 0 atom stereocenters. The standard InChI is InChI=1S/C17H19N3O3S/c1-3-4-9-14-19-20-17(24-14)18-16(21)15-12(10-22-2)11-7-5-6-8-13(11)23-15/h5-8H,3-4,9-10H2,1-2H3,(H,18,20,21). The second kappa shape index (κ2) is 7.55. The van der Waals surface area contributed by atoms with Gasteiger partial charge in [0.25, 0.3) is 5.91 Å². The Morgan fingerprint density at radius 2 is 2.17 bits per heavy atom. The second-order valence-corrected chi connectivity index (χ2v) is 6.46. The van der Waals surface area contributed by atoms with Crippen LogP contribution in [0.4, 0.5) is 5.13 Å². The van der Waals surface area contributed by atoms with Crippen LogP contribution in [0.5, 0.6) is 0 Å². The van der Waals surface area contributed by atoms with Gasteiger partial charge >= 0.3 is 0 Å². The number of para-hydroxylation sites is 1. The smallest absolute Gasteiger partial charge is 0.293 e. The largest absolute Gasteiger partial charge is 0.451 e. The zero-order valence-corrected chi connectivity index (χ0v) is 14.5. The topological polar surface area (TPSA) is 77.3 Å². The fourth-order valence-corrected chi connectivity index (χ4v) is 3.23. The van der Waals surface area contributed by atoms with E-state index in [1.807, 2.05) is 24.3 Å². The molecule has 1 amide bonds. The van der Waals surface area contributed by atoms with E-state index < -0.39 is 0 Å². The van der Waals surface area contributed by atoms with Crippen molar-refractivity contribution in [3.8, 4) is 0 Å². The zero-order valence-electron chi connectivity index (χ0n) is 13.7. The van der Waals surface area contributed by atoms with Gasteiger partial charge in [0.15, 0.2) is 5.76 Å². The third kappa shape index (κ3) is 3.47. The SMILES string of the molecule is CCCCc1nnc(NC(=O)c2oc3ccccc3c2COC)s1. The summed E-state index contributed by atoms with van der Waals surface area (Å²) in [7, 11) is 1.59. The number of anilines is 1. The van der Waals surface area contributed by atoms with Crippen molar-refractivity contribution in [2.24, 2.45) is 0 Å². The first kappa shape index (κ1) is 16.6. The number of nitrogens with zero attached hydrogens (tertiary/aromatic N) is 2. The van der Waals surface area contributed by atoms with Crippen LogP contribution in [0, 0.1) is 0 Å². The van der Waals surface area contributed by atoms with E-state index >= 15 is 0 Å². The Morgan fingerprint density at radius 1 is 1.33 bits per heavy atom. The van der Waals surface area contributed by atoms with Crippen LogP contribution in [0.2, 0.25) is 0 Å². The maximum Gasteiger partial charge on any atom is 0.293 e. The van der Waals surface area contributed by atoms with Gasteiger partial charge in [-0.05, 0) is 12.5 Å². The van der Waals surface area contributed by atoms with Crippen LogP contribution in [0.1, 0.15) is 40.9 Å². The molecule has 7 heteroatoms. The summed E-state index contributed by atoms with van der Waals surface area (Å²) in [6.07, 6.45) is 3.04. The van der Waals surface area contributed by atoms with E-state index in [9.17, 15) is 4.79 Å². The van der Waals surface area contributed by atoms with Crippen LogP contribution in [0.25, 0.3) is 11.0 Å². The molecule has 0 saturated heterocycles. The number of hydrogen-bond acceptors (Lipinski definition) is 6. The van der Waals surface area contributed by atoms with E-state index in [0.29, 0.717) is 17.3 Å². The number of ether oxygens (including phenoxy) is 1. The molecule has 0 aliphatic rings. The molecule has 24 heavy (non-hydrogen) atoms. The predicted molar refractivity (Wildman–Crippen MR) is 93.4 cm³/mol. The number of fused-ring (bicyclic) bond motifs is 1. The molecule has 0 aliphatic heterocycles. The molecular formula is C17H19N3O3S. The molecule has 2 heterocycles. The zero-order chi connectivity index (χ0) is 16.9. The molecule has 0 saturated carbocycles. The van der Waals surface area contributed by atoms with Crippen molar-refractivity contribution in [3.63, 3.8) is 0 Å². The third-order valence-corrected chi connectivity index (χ3v) is 4.52. The summed E-state index contributed by atoms with van der Waals surface area (Å²) in [6.45, 7) is 2.43. The Morgan fingerprint density at radius 3 is 2.96 bits per heavy atom. The molecule has 0 fully saturated rings. The van der Waals surface area contributed by atoms with E-state index in [1.54, 1.807) is 7.11 Å². The Hall–Kier alpha value is -2.25. The molecule has 1 aromatic carbocycles. The number of carbonyl (C=O) groups excluding carboxylic acids is 1. The highest BCUT2D eigenvalue weighted by atomic mass is 32.1. The lowest BCUT2D eigenvalue weighted by molar-refractivity contribution is 0.0992. The van der Waals surface area contributed by atoms with Gasteiger partial charge in [0.05, 0.1) is 6.61 Å². The summed E-state index contributed by atoms with van der Waals surface area (Å²) in [5, 5.41) is 13.2. The van der Waals surface area contributed by atoms with Crippen LogP contribution >= 0.6 is 11.3 Å². The van der Waals surface area contributed by atoms with E-state index in [-0.39, 0.29) is 11.7 Å². The van der Waals surface area contributed by atoms with Gasteiger partial charge in [-0.15, -0.1) is 10.2 Å². The van der Waals surface area contributed by atoms with Crippen molar-refractivity contribution >= 4 is 33.3 Å². The maximum absolute atomic E-state index is 12.6. The van der Waals surface area contributed by atoms with Gasteiger partial charge in [-0.1, -0.05) is 42.9 Å². The minimum Gasteiger partial charge on any atom is -0.451 e. The molecule has 0 unspecified atom stereocenters. The summed E-state index contributed by atoms with van der Waals surface area (Å²) >= 11 is 1.39. The second-order valence-electron chi connectivity index (χ2n) is 5.40. The summed E-state index contributed by atoms with van der Waals surface area (Å²) in [4.78, 5) is 12.6. The number of aryl methyl sites for hydroxylation is 1. The quantitative estimate of drug-likeness (QED) is 0.699. The first-order chi connectivity index (χ1) is 11.7. The van der Waals surface area contributed by atoms with Gasteiger partial charge in [0.2, 0.25) is 5.13 Å². The van der Waals surface area contributed by atoms with Gasteiger partial charge in [0.1, 0.15) is 10.6 Å². The first-order valence-electron chi connectivity index (χ1n) is 7.86. The molecular weight excluding hydrogens is 326 g/mol. The van der Waals surface area contributed by atoms with E-state index in [1.165, 1.54) is 11.3 Å². The van der Waals surface area contributed by atoms with Crippen molar-refractivity contribution in [1.82, 2.24) is 10.2 Å². The number of hydrogen-bond donors (Lipinski definition) is 1. The lowest BCUT2D eigenvalue weighted by atomic mass is 10.1. The lowest BCUT2D eigenvalue weighted by Crippen LogP contribution is -2.13. The van der Waals surface area contributed by atoms with E-state index in [0.717, 1.165) is 35.2 Å². The number of amides is 1. The minimum absolute atomic E-state index is 0.253. The van der Waals surface area contributed by atoms with Crippen LogP contribution in [-0.2, 0) is 17.8 Å². The molecule has 2 aromatic heterocycles. The Labute approximate surface area is 143 Å². The van der Waals surface area contributed by atoms with Crippen molar-refractivity contribution in [1.29, 1.82) is 0 Å². The number of benzene rings is 1. The molecule has 6 nitrogen and oxygen atoms in total. The fraction of sp³-hybridized carbons (Fsp3) is 0.353. The Balaban J connectivity index is 1.83. The molecule has 0 spiro atoms. The normalized spacial score (nSPS) is 11.1. The van der Waals surface area contributed by atoms with Gasteiger partial charge in [-0.3, -0.25) is 10.1 Å². The van der Waals surface area contributed by atoms with Crippen LogP contribution in [0.3, 0.4) is 0 Å². The number of furan rings is 1. The van der Waals surface area contributed by atoms with Crippen molar-refractivity contribution in [2.75, 3.05) is 12.4 Å². The van der Waals surface area contributed by atoms with Crippen LogP contribution in [0.15, 0.2) is 28.7 Å². The van der Waals surface area contributed by atoms with E-state index in [4.69, 9.17) is 9.15 Å². The average Bonchev–Trinajstić information content (AvgIpc) is 3.18. The predicted octanol–water partition coefficient (Wildman–Crippen LogP) is 4.03. The monoisotopic (exact) mass is 345 g/mol. The number of nitrogens with one attached hydrogen (secondary N) is 1. The van der Waals surface area contributed by atoms with Gasteiger partial charge in [-0.25, -0.2) is 0 Å². The molecule has 3 aromatic rings. The molecule has 1 N–H and O–H groups in total. The summed E-state index contributed by atoms with van der Waals surface area (Å²) in [5.74, 6) is -0.0835. The third-order valence-electron chi connectivity index (χ3n) is 3.62. The van der Waals surface area contributed by atoms with Crippen LogP contribution < -0.4 is 5.32 Å². The maximum atomic E-state index is 12.6. The van der Waals surface area contributed by atoms with Crippen molar-refractivity contribution in [2.45, 2.75) is 32.8 Å². The Bertz CT molecular complexity index is 841. The molecule has 0 aliphatic carbocycles. The fourth-order valence-electron chi connectivity index (χ4n) is 2.46. The molecule has 3 rings (SSSR count). The van der Waals surface area contributed by atoms with Gasteiger partial charge in [0, 0.05) is 24.5 Å². The number of methoxy groups -OCH3 is 1. The highest BCUT2D eigenvalue weighted by Gasteiger charge is 2.21. The van der Waals surface area contributed by atoms with Gasteiger partial charge < -0.3 is 9.15 Å². The molecule has 126 valence electrons. The first-order valence-corrected chi connectivity index (χ1v) is 8.67. The van der Waals surface area contributed by atoms with Crippen molar-refractivity contribution in [3.05, 3.63) is 40.6 Å². The summed E-state index contributed by atoms with van der Waals surface area (Å²) in [6, 6.07) is 7.52. The number of rotatable bonds is 7. The number of aromatic nitrogens is 2.